The van der Waals surface area contributed by atoms with Gasteiger partial charge in [0.1, 0.15) is 16.5 Å². The van der Waals surface area contributed by atoms with Gasteiger partial charge in [-0.2, -0.15) is 4.39 Å². The second-order valence-electron chi connectivity index (χ2n) is 9.43. The molecule has 0 unspecified atom stereocenters. The quantitative estimate of drug-likeness (QED) is 0.328. The van der Waals surface area contributed by atoms with Crippen molar-refractivity contribution in [2.45, 2.75) is 44.6 Å². The molecule has 0 saturated heterocycles. The Hall–Kier alpha value is -3.56. The number of aromatic nitrogens is 1. The number of nitrogens with zero attached hydrogens (tertiary/aromatic N) is 2. The molecule has 0 spiro atoms. The highest BCUT2D eigenvalue weighted by Crippen LogP contribution is 2.38. The van der Waals surface area contributed by atoms with Crippen LogP contribution in [0.1, 0.15) is 49.4 Å². The van der Waals surface area contributed by atoms with E-state index in [1.165, 1.54) is 29.8 Å². The van der Waals surface area contributed by atoms with Gasteiger partial charge >= 0.3 is 0 Å². The van der Waals surface area contributed by atoms with Gasteiger partial charge in [0.05, 0.1) is 6.04 Å². The number of aryl methyl sites for hydroxylation is 1. The molecule has 2 aromatic carbocycles. The number of allylic oxidation sites excluding steroid dienone is 2. The average molecular weight is 539 g/mol. The Kier molecular flexibility index (Phi) is 8.28. The predicted octanol–water partition coefficient (Wildman–Crippen LogP) is 6.34. The molecule has 0 aliphatic carbocycles. The molecule has 0 saturated carbocycles. The molecule has 1 aliphatic rings. The van der Waals surface area contributed by atoms with Crippen LogP contribution in [0.5, 0.6) is 0 Å². The number of hydrogen-bond acceptors (Lipinski definition) is 5. The van der Waals surface area contributed by atoms with Crippen LogP contribution in [0.25, 0.3) is 5.57 Å². The van der Waals surface area contributed by atoms with E-state index in [4.69, 9.17) is 0 Å². The molecule has 6 nitrogen and oxygen atoms in total. The van der Waals surface area contributed by atoms with E-state index < -0.39 is 26.7 Å². The van der Waals surface area contributed by atoms with Crippen LogP contribution in [0.2, 0.25) is 0 Å². The van der Waals surface area contributed by atoms with E-state index in [1.54, 1.807) is 6.92 Å². The van der Waals surface area contributed by atoms with Crippen molar-refractivity contribution in [1.82, 2.24) is 10.3 Å². The summed E-state index contributed by atoms with van der Waals surface area (Å²) in [5, 5.41) is 3.39. The number of benzene rings is 2. The van der Waals surface area contributed by atoms with Crippen molar-refractivity contribution >= 4 is 27.1 Å². The van der Waals surface area contributed by atoms with E-state index in [9.17, 15) is 12.8 Å². The molecule has 200 valence electrons. The van der Waals surface area contributed by atoms with Crippen LogP contribution in [-0.2, 0) is 10.0 Å². The van der Waals surface area contributed by atoms with Crippen molar-refractivity contribution in [3.05, 3.63) is 101 Å². The number of nitrogens with one attached hydrogen (secondary N) is 2. The summed E-state index contributed by atoms with van der Waals surface area (Å²) in [6, 6.07) is 14.1. The lowest BCUT2D eigenvalue weighted by Crippen LogP contribution is -2.26. The largest absolute Gasteiger partial charge is 0.338 e. The zero-order chi connectivity index (χ0) is 27.4. The van der Waals surface area contributed by atoms with Crippen LogP contribution < -0.4 is 14.9 Å². The van der Waals surface area contributed by atoms with Gasteiger partial charge < -0.3 is 10.2 Å². The number of halogens is 2. The normalized spacial score (nSPS) is 14.8. The fourth-order valence-corrected chi connectivity index (χ4v) is 6.00. The molecule has 1 atom stereocenters. The summed E-state index contributed by atoms with van der Waals surface area (Å²) in [5.74, 6) is -2.01. The molecular formula is C29H32F2N4O2S. The van der Waals surface area contributed by atoms with Gasteiger partial charge in [-0.05, 0) is 86.7 Å². The first-order chi connectivity index (χ1) is 18.1. The lowest BCUT2D eigenvalue weighted by Gasteiger charge is -2.34. The molecule has 0 amide bonds. The Labute approximate surface area is 223 Å². The summed E-state index contributed by atoms with van der Waals surface area (Å²) in [5.41, 5.74) is 5.21. The first-order valence-corrected chi connectivity index (χ1v) is 14.0. The Morgan fingerprint density at radius 3 is 2.66 bits per heavy atom. The Bertz CT molecular complexity index is 1490. The first-order valence-electron chi connectivity index (χ1n) is 12.5. The van der Waals surface area contributed by atoms with Gasteiger partial charge in [-0.25, -0.2) is 17.8 Å². The van der Waals surface area contributed by atoms with Crippen LogP contribution >= 0.6 is 0 Å². The number of rotatable bonds is 8. The topological polar surface area (TPSA) is 74.3 Å². The SMILES string of the molecule is C=C(C)N(c1cc(F)c(S(=O)(=O)Nc2cccc(F)n2)cc1C)[C@H](C)c1ccccc1C1=CCNCCC1. The molecule has 4 rings (SSSR count). The fraction of sp³-hybridized carbons (Fsp3) is 0.276. The fourth-order valence-electron chi connectivity index (χ4n) is 4.85. The highest BCUT2D eigenvalue weighted by Gasteiger charge is 2.27. The molecule has 1 aliphatic heterocycles. The van der Waals surface area contributed by atoms with Gasteiger partial charge in [0, 0.05) is 17.9 Å². The molecule has 38 heavy (non-hydrogen) atoms. The van der Waals surface area contributed by atoms with Crippen molar-refractivity contribution < 1.29 is 17.2 Å². The lowest BCUT2D eigenvalue weighted by atomic mass is 9.91. The van der Waals surface area contributed by atoms with Crippen molar-refractivity contribution in [2.75, 3.05) is 22.7 Å². The molecule has 0 radical (unpaired) electrons. The standard InChI is InChI=1S/C29H32F2N4O2S/c1-19(2)35(21(4)23-10-5-6-11-24(23)22-9-8-15-32-16-14-22)26-18-25(30)27(17-20(26)3)38(36,37)34-29-13-7-12-28(31)33-29/h5-7,10-14,17-18,21,32H,1,8-9,15-16H2,2-4H3,(H,33,34)/t21-/m1/s1. The molecule has 0 bridgehead atoms. The van der Waals surface area contributed by atoms with Crippen LogP contribution in [-0.4, -0.2) is 26.5 Å². The highest BCUT2D eigenvalue weighted by molar-refractivity contribution is 7.92. The summed E-state index contributed by atoms with van der Waals surface area (Å²) in [7, 11) is -4.35. The van der Waals surface area contributed by atoms with Crippen molar-refractivity contribution in [2.24, 2.45) is 0 Å². The zero-order valence-corrected chi connectivity index (χ0v) is 22.6. The average Bonchev–Trinajstić information content (AvgIpc) is 3.15. The minimum absolute atomic E-state index is 0.212. The molecule has 0 fully saturated rings. The highest BCUT2D eigenvalue weighted by atomic mass is 32.2. The number of pyridine rings is 1. The van der Waals surface area contributed by atoms with E-state index in [1.807, 2.05) is 30.9 Å². The third-order valence-electron chi connectivity index (χ3n) is 6.60. The minimum Gasteiger partial charge on any atom is -0.338 e. The van der Waals surface area contributed by atoms with E-state index in [2.05, 4.69) is 39.8 Å². The predicted molar refractivity (Wildman–Crippen MR) is 148 cm³/mol. The first kappa shape index (κ1) is 27.5. The molecular weight excluding hydrogens is 506 g/mol. The van der Waals surface area contributed by atoms with E-state index in [-0.39, 0.29) is 11.9 Å². The van der Waals surface area contributed by atoms with Gasteiger partial charge in [0.15, 0.2) is 0 Å². The molecule has 2 N–H and O–H groups in total. The Morgan fingerprint density at radius 2 is 1.92 bits per heavy atom. The second-order valence-corrected chi connectivity index (χ2v) is 11.1. The third kappa shape index (κ3) is 5.95. The van der Waals surface area contributed by atoms with Crippen LogP contribution in [0, 0.1) is 18.7 Å². The van der Waals surface area contributed by atoms with Gasteiger partial charge in [-0.3, -0.25) is 4.72 Å². The molecule has 3 aromatic rings. The monoisotopic (exact) mass is 538 g/mol. The maximum absolute atomic E-state index is 15.4. The van der Waals surface area contributed by atoms with Gasteiger partial charge in [-0.1, -0.05) is 43.0 Å². The van der Waals surface area contributed by atoms with Crippen LogP contribution in [0.4, 0.5) is 20.3 Å². The van der Waals surface area contributed by atoms with Crippen molar-refractivity contribution in [3.63, 3.8) is 0 Å². The summed E-state index contributed by atoms with van der Waals surface area (Å²) >= 11 is 0. The maximum atomic E-state index is 15.4. The smallest absolute Gasteiger partial charge is 0.265 e. The van der Waals surface area contributed by atoms with Gasteiger partial charge in [0.25, 0.3) is 10.0 Å². The summed E-state index contributed by atoms with van der Waals surface area (Å²) < 4.78 is 56.9. The van der Waals surface area contributed by atoms with Gasteiger partial charge in [-0.15, -0.1) is 0 Å². The van der Waals surface area contributed by atoms with Crippen molar-refractivity contribution in [1.29, 1.82) is 0 Å². The Morgan fingerprint density at radius 1 is 1.16 bits per heavy atom. The molecule has 2 heterocycles. The van der Waals surface area contributed by atoms with E-state index >= 15 is 4.39 Å². The zero-order valence-electron chi connectivity index (χ0n) is 21.8. The molecule has 9 heteroatoms. The summed E-state index contributed by atoms with van der Waals surface area (Å²) in [6.07, 6.45) is 4.21. The van der Waals surface area contributed by atoms with E-state index in [0.29, 0.717) is 16.9 Å². The van der Waals surface area contributed by atoms with Crippen molar-refractivity contribution in [3.8, 4) is 0 Å². The third-order valence-corrected chi connectivity index (χ3v) is 7.97. The number of anilines is 2. The number of sulfonamides is 1. The minimum atomic E-state index is -4.35. The van der Waals surface area contributed by atoms with Crippen LogP contribution in [0.15, 0.2) is 77.8 Å². The number of hydrogen-bond donors (Lipinski definition) is 2. The second kappa shape index (κ2) is 11.4. The summed E-state index contributed by atoms with van der Waals surface area (Å²) in [4.78, 5) is 4.88. The Balaban J connectivity index is 1.72. The molecule has 1 aromatic heterocycles. The lowest BCUT2D eigenvalue weighted by molar-refractivity contribution is 0.568. The van der Waals surface area contributed by atoms with Gasteiger partial charge in [0.2, 0.25) is 5.95 Å². The van der Waals surface area contributed by atoms with Crippen LogP contribution in [0.3, 0.4) is 0 Å². The maximum Gasteiger partial charge on any atom is 0.265 e. The van der Waals surface area contributed by atoms with E-state index in [0.717, 1.165) is 43.1 Å². The summed E-state index contributed by atoms with van der Waals surface area (Å²) in [6.45, 7) is 11.5.